The Kier molecular flexibility index (Phi) is 6.20. The van der Waals surface area contributed by atoms with Gasteiger partial charge >= 0.3 is 0 Å². The van der Waals surface area contributed by atoms with E-state index in [-0.39, 0.29) is 17.9 Å². The third kappa shape index (κ3) is 4.70. The third-order valence-electron chi connectivity index (χ3n) is 5.15. The molecule has 0 aliphatic carbocycles. The zero-order valence-corrected chi connectivity index (χ0v) is 18.1. The number of carbonyl (C=O) groups is 2. The number of nitrogens with zero attached hydrogens (tertiary/aromatic N) is 3. The van der Waals surface area contributed by atoms with Crippen molar-refractivity contribution in [2.24, 2.45) is 0 Å². The molecular formula is C22H24ClN5O3. The first kappa shape index (κ1) is 21.3. The Morgan fingerprint density at radius 1 is 1.16 bits per heavy atom. The number of amides is 2. The quantitative estimate of drug-likeness (QED) is 0.627. The van der Waals surface area contributed by atoms with Gasteiger partial charge in [0.2, 0.25) is 0 Å². The van der Waals surface area contributed by atoms with Gasteiger partial charge in [-0.3, -0.25) is 9.59 Å². The van der Waals surface area contributed by atoms with Crippen molar-refractivity contribution in [3.05, 3.63) is 52.9 Å². The summed E-state index contributed by atoms with van der Waals surface area (Å²) in [5.74, 6) is -0.634. The van der Waals surface area contributed by atoms with E-state index in [0.717, 1.165) is 31.7 Å². The fourth-order valence-electron chi connectivity index (χ4n) is 3.59. The number of rotatable bonds is 5. The van der Waals surface area contributed by atoms with Crippen LogP contribution < -0.4 is 10.6 Å². The second-order valence-corrected chi connectivity index (χ2v) is 8.25. The number of imidazole rings is 1. The van der Waals surface area contributed by atoms with Gasteiger partial charge in [0, 0.05) is 37.2 Å². The van der Waals surface area contributed by atoms with Gasteiger partial charge in [0.05, 0.1) is 22.5 Å². The van der Waals surface area contributed by atoms with E-state index >= 15 is 0 Å². The maximum atomic E-state index is 12.8. The van der Waals surface area contributed by atoms with Crippen molar-refractivity contribution in [1.29, 1.82) is 0 Å². The number of aromatic nitrogens is 3. The molecule has 3 heterocycles. The molecule has 0 saturated carbocycles. The molecule has 2 aromatic heterocycles. The molecule has 0 spiro atoms. The average molecular weight is 442 g/mol. The molecule has 0 unspecified atom stereocenters. The van der Waals surface area contributed by atoms with Gasteiger partial charge in [-0.05, 0) is 51.0 Å². The summed E-state index contributed by atoms with van der Waals surface area (Å²) >= 11 is 6.16. The van der Waals surface area contributed by atoms with Crippen molar-refractivity contribution in [3.8, 4) is 0 Å². The minimum atomic E-state index is -0.340. The van der Waals surface area contributed by atoms with Crippen molar-refractivity contribution in [2.45, 2.75) is 38.8 Å². The van der Waals surface area contributed by atoms with Crippen LogP contribution >= 0.6 is 11.6 Å². The Bertz CT molecular complexity index is 1120. The van der Waals surface area contributed by atoms with E-state index in [4.69, 9.17) is 16.3 Å². The molecule has 1 aromatic carbocycles. The van der Waals surface area contributed by atoms with Crippen LogP contribution in [0.2, 0.25) is 5.02 Å². The summed E-state index contributed by atoms with van der Waals surface area (Å²) in [6.45, 7) is 5.18. The molecule has 8 nitrogen and oxygen atoms in total. The monoisotopic (exact) mass is 441 g/mol. The van der Waals surface area contributed by atoms with Crippen molar-refractivity contribution >= 4 is 40.3 Å². The van der Waals surface area contributed by atoms with Crippen molar-refractivity contribution in [1.82, 2.24) is 19.9 Å². The molecular weight excluding hydrogens is 418 g/mol. The Morgan fingerprint density at radius 3 is 2.68 bits per heavy atom. The van der Waals surface area contributed by atoms with Crippen molar-refractivity contribution < 1.29 is 14.3 Å². The number of hydrogen-bond donors (Lipinski definition) is 2. The molecule has 1 fully saturated rings. The minimum absolute atomic E-state index is 0.0273. The van der Waals surface area contributed by atoms with Crippen LogP contribution in [0.5, 0.6) is 0 Å². The lowest BCUT2D eigenvalue weighted by atomic mass is 10.1. The summed E-state index contributed by atoms with van der Waals surface area (Å²) in [5, 5.41) is 5.91. The summed E-state index contributed by atoms with van der Waals surface area (Å²) < 4.78 is 7.48. The molecule has 162 valence electrons. The predicted octanol–water partition coefficient (Wildman–Crippen LogP) is 3.83. The number of halogens is 1. The van der Waals surface area contributed by atoms with Gasteiger partial charge in [0.15, 0.2) is 5.65 Å². The third-order valence-corrected chi connectivity index (χ3v) is 5.48. The van der Waals surface area contributed by atoms with E-state index in [1.165, 1.54) is 6.20 Å². The van der Waals surface area contributed by atoms with Gasteiger partial charge in [-0.1, -0.05) is 11.6 Å². The van der Waals surface area contributed by atoms with E-state index in [0.29, 0.717) is 33.4 Å². The number of ether oxygens (including phenoxy) is 1. The number of anilines is 1. The van der Waals surface area contributed by atoms with Crippen LogP contribution in [0.15, 0.2) is 36.8 Å². The fraction of sp³-hybridized carbons (Fsp3) is 0.364. The number of hydrogen-bond acceptors (Lipinski definition) is 5. The second-order valence-electron chi connectivity index (χ2n) is 7.84. The first-order valence-corrected chi connectivity index (χ1v) is 10.6. The van der Waals surface area contributed by atoms with E-state index in [9.17, 15) is 9.59 Å². The number of pyridine rings is 1. The standard InChI is InChI=1S/C22H24ClN5O3/c1-13(2)26-22(30)17-10-15(3-4-18(17)23)27-21(29)14-9-19-20(24-11-14)28(12-25-19)16-5-7-31-8-6-16/h3-4,9-13,16H,5-8H2,1-2H3,(H,26,30)(H,27,29). The van der Waals surface area contributed by atoms with Crippen LogP contribution in [0.4, 0.5) is 5.69 Å². The molecule has 1 saturated heterocycles. The Balaban J connectivity index is 1.53. The molecule has 3 aromatic rings. The van der Waals surface area contributed by atoms with Crippen LogP contribution in [-0.4, -0.2) is 45.6 Å². The lowest BCUT2D eigenvalue weighted by Gasteiger charge is -2.23. The van der Waals surface area contributed by atoms with E-state index in [2.05, 4.69) is 25.2 Å². The highest BCUT2D eigenvalue weighted by molar-refractivity contribution is 6.34. The highest BCUT2D eigenvalue weighted by Gasteiger charge is 2.19. The lowest BCUT2D eigenvalue weighted by Crippen LogP contribution is -2.30. The molecule has 9 heteroatoms. The topological polar surface area (TPSA) is 98.1 Å². The molecule has 1 aliphatic rings. The molecule has 31 heavy (non-hydrogen) atoms. The average Bonchev–Trinajstić information content (AvgIpc) is 3.18. The summed E-state index contributed by atoms with van der Waals surface area (Å²) in [6, 6.07) is 6.79. The van der Waals surface area contributed by atoms with Gasteiger partial charge in [0.25, 0.3) is 11.8 Å². The van der Waals surface area contributed by atoms with Gasteiger partial charge in [-0.25, -0.2) is 9.97 Å². The molecule has 2 N–H and O–H groups in total. The van der Waals surface area contributed by atoms with Crippen LogP contribution in [0.25, 0.3) is 11.2 Å². The first-order chi connectivity index (χ1) is 14.9. The minimum Gasteiger partial charge on any atom is -0.381 e. The van der Waals surface area contributed by atoms with E-state index in [1.54, 1.807) is 30.6 Å². The van der Waals surface area contributed by atoms with Gasteiger partial charge < -0.3 is 19.9 Å². The number of nitrogens with one attached hydrogen (secondary N) is 2. The molecule has 0 radical (unpaired) electrons. The SMILES string of the molecule is CC(C)NC(=O)c1cc(NC(=O)c2cnc3c(c2)ncn3C2CCOCC2)ccc1Cl. The summed E-state index contributed by atoms with van der Waals surface area (Å²) in [5.41, 5.74) is 2.57. The van der Waals surface area contributed by atoms with Gasteiger partial charge in [0.1, 0.15) is 5.52 Å². The van der Waals surface area contributed by atoms with E-state index in [1.807, 2.05) is 13.8 Å². The van der Waals surface area contributed by atoms with Gasteiger partial charge in [-0.15, -0.1) is 0 Å². The van der Waals surface area contributed by atoms with Crippen LogP contribution in [-0.2, 0) is 4.74 Å². The molecule has 0 bridgehead atoms. The smallest absolute Gasteiger partial charge is 0.257 e. The number of fused-ring (bicyclic) bond motifs is 1. The normalized spacial score (nSPS) is 14.7. The Labute approximate surface area is 185 Å². The summed E-state index contributed by atoms with van der Waals surface area (Å²) in [4.78, 5) is 34.0. The van der Waals surface area contributed by atoms with Crippen molar-refractivity contribution in [2.75, 3.05) is 18.5 Å². The molecule has 2 amide bonds. The zero-order chi connectivity index (χ0) is 22.0. The van der Waals surface area contributed by atoms with Gasteiger partial charge in [-0.2, -0.15) is 0 Å². The summed E-state index contributed by atoms with van der Waals surface area (Å²) in [6.07, 6.45) is 5.14. The number of benzene rings is 1. The molecule has 4 rings (SSSR count). The zero-order valence-electron chi connectivity index (χ0n) is 17.4. The molecule has 1 aliphatic heterocycles. The lowest BCUT2D eigenvalue weighted by molar-refractivity contribution is 0.0704. The Morgan fingerprint density at radius 2 is 1.94 bits per heavy atom. The van der Waals surface area contributed by atoms with Crippen LogP contribution in [0, 0.1) is 0 Å². The maximum Gasteiger partial charge on any atom is 0.257 e. The van der Waals surface area contributed by atoms with E-state index < -0.39 is 0 Å². The largest absolute Gasteiger partial charge is 0.381 e. The maximum absolute atomic E-state index is 12.8. The second kappa shape index (κ2) is 9.03. The highest BCUT2D eigenvalue weighted by Crippen LogP contribution is 2.25. The first-order valence-electron chi connectivity index (χ1n) is 10.2. The van der Waals surface area contributed by atoms with Crippen molar-refractivity contribution in [3.63, 3.8) is 0 Å². The Hall–Kier alpha value is -2.97. The highest BCUT2D eigenvalue weighted by atomic mass is 35.5. The summed E-state index contributed by atoms with van der Waals surface area (Å²) in [7, 11) is 0. The van der Waals surface area contributed by atoms with Crippen LogP contribution in [0.3, 0.4) is 0 Å². The predicted molar refractivity (Wildman–Crippen MR) is 119 cm³/mol. The van der Waals surface area contributed by atoms with Crippen LogP contribution in [0.1, 0.15) is 53.4 Å². The fourth-order valence-corrected chi connectivity index (χ4v) is 3.80. The molecule has 0 atom stereocenters. The number of carbonyl (C=O) groups excluding carboxylic acids is 2.